The largest absolute Gasteiger partial charge is 0.406 e. The maximum Gasteiger partial charge on any atom is 0.312 e. The molecule has 0 radical (unpaired) electrons. The van der Waals surface area contributed by atoms with Crippen LogP contribution in [-0.2, 0) is 16.1 Å². The molecule has 0 atom stereocenters. The van der Waals surface area contributed by atoms with E-state index in [0.29, 0.717) is 19.1 Å². The number of anilines is 1. The molecule has 0 aromatic carbocycles. The average Bonchev–Trinajstić information content (AvgIpc) is 2.45. The van der Waals surface area contributed by atoms with Crippen LogP contribution >= 0.6 is 0 Å². The number of rotatable bonds is 3. The van der Waals surface area contributed by atoms with E-state index in [9.17, 15) is 4.79 Å². The van der Waals surface area contributed by atoms with Gasteiger partial charge in [-0.15, -0.1) is 5.10 Å². The molecule has 1 fully saturated rings. The van der Waals surface area contributed by atoms with Crippen LogP contribution in [0.15, 0.2) is 4.42 Å². The Hall–Kier alpha value is -1.63. The summed E-state index contributed by atoms with van der Waals surface area (Å²) in [7, 11) is 0. The molecular formula is C7H10N4O3. The summed E-state index contributed by atoms with van der Waals surface area (Å²) in [4.78, 5) is 11.3. The zero-order valence-electron chi connectivity index (χ0n) is 7.40. The van der Waals surface area contributed by atoms with Gasteiger partial charge in [0.05, 0.1) is 25.7 Å². The molecule has 0 spiro atoms. The molecule has 2 heterocycles. The second-order valence-electron chi connectivity index (χ2n) is 2.99. The molecule has 76 valence electrons. The van der Waals surface area contributed by atoms with Crippen LogP contribution in [-0.4, -0.2) is 29.3 Å². The first kappa shape index (κ1) is 8.95. The van der Waals surface area contributed by atoms with Crippen molar-refractivity contribution in [1.29, 1.82) is 0 Å². The lowest BCUT2D eigenvalue weighted by atomic mass is 10.1. The molecule has 1 aromatic rings. The molecule has 7 heteroatoms. The Balaban J connectivity index is 1.79. The monoisotopic (exact) mass is 198 g/mol. The molecule has 1 aliphatic rings. The highest BCUT2D eigenvalue weighted by Crippen LogP contribution is 2.09. The number of hydrogen-bond acceptors (Lipinski definition) is 6. The van der Waals surface area contributed by atoms with Crippen LogP contribution in [0.1, 0.15) is 5.89 Å². The van der Waals surface area contributed by atoms with E-state index in [2.05, 4.69) is 15.5 Å². The van der Waals surface area contributed by atoms with Crippen LogP contribution in [0.3, 0.4) is 0 Å². The quantitative estimate of drug-likeness (QED) is 0.640. The van der Waals surface area contributed by atoms with Gasteiger partial charge in [-0.1, -0.05) is 5.10 Å². The molecule has 1 amide bonds. The van der Waals surface area contributed by atoms with Gasteiger partial charge < -0.3 is 20.2 Å². The lowest BCUT2D eigenvalue weighted by Gasteiger charge is -2.24. The number of carbonyl (C=O) groups excluding carboxylic acids is 1. The van der Waals surface area contributed by atoms with Crippen LogP contribution in [0, 0.1) is 5.92 Å². The van der Waals surface area contributed by atoms with Crippen molar-refractivity contribution in [1.82, 2.24) is 15.5 Å². The number of nitrogens with one attached hydrogen (secondary N) is 1. The Bertz CT molecular complexity index is 333. The van der Waals surface area contributed by atoms with E-state index in [1.807, 2.05) is 0 Å². The van der Waals surface area contributed by atoms with Crippen LogP contribution in [0.5, 0.6) is 0 Å². The number of carbonyl (C=O) groups is 1. The Morgan fingerprint density at radius 2 is 2.36 bits per heavy atom. The van der Waals surface area contributed by atoms with Crippen molar-refractivity contribution in [2.45, 2.75) is 6.54 Å². The molecule has 3 N–H and O–H groups in total. The van der Waals surface area contributed by atoms with Gasteiger partial charge in [-0.05, 0) is 0 Å². The Morgan fingerprint density at radius 3 is 2.86 bits per heavy atom. The average molecular weight is 198 g/mol. The van der Waals surface area contributed by atoms with Gasteiger partial charge in [-0.2, -0.15) is 0 Å². The summed E-state index contributed by atoms with van der Waals surface area (Å²) in [5, 5.41) is 9.71. The fraction of sp³-hybridized carbons (Fsp3) is 0.571. The molecule has 1 saturated heterocycles. The van der Waals surface area contributed by atoms with Gasteiger partial charge in [-0.25, -0.2) is 0 Å². The van der Waals surface area contributed by atoms with Crippen LogP contribution in [0.4, 0.5) is 6.01 Å². The number of ether oxygens (including phenoxy) is 1. The van der Waals surface area contributed by atoms with Crippen molar-refractivity contribution < 1.29 is 13.9 Å². The maximum atomic E-state index is 11.3. The minimum Gasteiger partial charge on any atom is -0.406 e. The normalized spacial score (nSPS) is 16.3. The van der Waals surface area contributed by atoms with E-state index in [0.717, 1.165) is 0 Å². The highest BCUT2D eigenvalue weighted by atomic mass is 16.5. The lowest BCUT2D eigenvalue weighted by Crippen LogP contribution is -2.41. The van der Waals surface area contributed by atoms with E-state index in [4.69, 9.17) is 14.9 Å². The Kier molecular flexibility index (Phi) is 2.32. The van der Waals surface area contributed by atoms with E-state index < -0.39 is 0 Å². The van der Waals surface area contributed by atoms with Crippen LogP contribution < -0.4 is 11.1 Å². The summed E-state index contributed by atoms with van der Waals surface area (Å²) in [6.07, 6.45) is 0. The third kappa shape index (κ3) is 1.82. The molecule has 2 rings (SSSR count). The summed E-state index contributed by atoms with van der Waals surface area (Å²) >= 11 is 0. The second kappa shape index (κ2) is 3.62. The van der Waals surface area contributed by atoms with Crippen molar-refractivity contribution in [3.63, 3.8) is 0 Å². The first-order valence-corrected chi connectivity index (χ1v) is 4.19. The maximum absolute atomic E-state index is 11.3. The fourth-order valence-electron chi connectivity index (χ4n) is 1.03. The third-order valence-corrected chi connectivity index (χ3v) is 1.91. The zero-order chi connectivity index (χ0) is 9.97. The molecular weight excluding hydrogens is 188 g/mol. The van der Waals surface area contributed by atoms with Gasteiger partial charge in [-0.3, -0.25) is 4.79 Å². The summed E-state index contributed by atoms with van der Waals surface area (Å²) in [6, 6.07) is 0.00114. The van der Waals surface area contributed by atoms with Crippen LogP contribution in [0.25, 0.3) is 0 Å². The molecule has 1 aliphatic heterocycles. The molecule has 0 saturated carbocycles. The standard InChI is InChI=1S/C7H10N4O3/c8-7-11-10-5(14-7)1-9-6(12)4-2-13-3-4/h4H,1-3H2,(H2,8,11)(H,9,12). The van der Waals surface area contributed by atoms with Crippen molar-refractivity contribution in [2.75, 3.05) is 18.9 Å². The summed E-state index contributed by atoms with van der Waals surface area (Å²) in [5.74, 6) is 0.194. The Labute approximate surface area is 79.6 Å². The van der Waals surface area contributed by atoms with Gasteiger partial charge in [0.15, 0.2) is 0 Å². The molecule has 1 aromatic heterocycles. The number of nitrogen functional groups attached to an aromatic ring is 1. The minimum atomic E-state index is -0.0620. The van der Waals surface area contributed by atoms with Gasteiger partial charge in [0, 0.05) is 0 Å². The molecule has 7 nitrogen and oxygen atoms in total. The number of nitrogens with two attached hydrogens (primary N) is 1. The zero-order valence-corrected chi connectivity index (χ0v) is 7.40. The summed E-state index contributed by atoms with van der Waals surface area (Å²) in [5.41, 5.74) is 5.21. The fourth-order valence-corrected chi connectivity index (χ4v) is 1.03. The molecule has 14 heavy (non-hydrogen) atoms. The van der Waals surface area contributed by atoms with E-state index in [-0.39, 0.29) is 24.4 Å². The van der Waals surface area contributed by atoms with Gasteiger partial charge in [0.25, 0.3) is 0 Å². The first-order valence-electron chi connectivity index (χ1n) is 4.19. The van der Waals surface area contributed by atoms with E-state index in [1.54, 1.807) is 0 Å². The molecule has 0 bridgehead atoms. The number of amides is 1. The summed E-state index contributed by atoms with van der Waals surface area (Å²) < 4.78 is 9.75. The van der Waals surface area contributed by atoms with E-state index in [1.165, 1.54) is 0 Å². The van der Waals surface area contributed by atoms with Crippen molar-refractivity contribution in [2.24, 2.45) is 5.92 Å². The SMILES string of the molecule is Nc1nnc(CNC(=O)C2COC2)o1. The smallest absolute Gasteiger partial charge is 0.312 e. The lowest BCUT2D eigenvalue weighted by molar-refractivity contribution is -0.139. The van der Waals surface area contributed by atoms with Gasteiger partial charge >= 0.3 is 6.01 Å². The predicted octanol–water partition coefficient (Wildman–Crippen LogP) is -1.09. The highest BCUT2D eigenvalue weighted by Gasteiger charge is 2.26. The second-order valence-corrected chi connectivity index (χ2v) is 2.99. The summed E-state index contributed by atoms with van der Waals surface area (Å²) in [6.45, 7) is 1.18. The van der Waals surface area contributed by atoms with Gasteiger partial charge in [0.2, 0.25) is 11.8 Å². The number of nitrogens with zero attached hydrogens (tertiary/aromatic N) is 2. The molecule has 0 unspecified atom stereocenters. The number of aromatic nitrogens is 2. The van der Waals surface area contributed by atoms with Crippen molar-refractivity contribution in [3.8, 4) is 0 Å². The topological polar surface area (TPSA) is 103 Å². The van der Waals surface area contributed by atoms with Crippen LogP contribution in [0.2, 0.25) is 0 Å². The first-order chi connectivity index (χ1) is 6.75. The number of hydrogen-bond donors (Lipinski definition) is 2. The Morgan fingerprint density at radius 1 is 1.57 bits per heavy atom. The third-order valence-electron chi connectivity index (χ3n) is 1.91. The highest BCUT2D eigenvalue weighted by molar-refractivity contribution is 5.79. The van der Waals surface area contributed by atoms with E-state index >= 15 is 0 Å². The molecule has 0 aliphatic carbocycles. The predicted molar refractivity (Wildman–Crippen MR) is 44.9 cm³/mol. The van der Waals surface area contributed by atoms with Crippen molar-refractivity contribution >= 4 is 11.9 Å². The minimum absolute atomic E-state index is 0.00114. The van der Waals surface area contributed by atoms with Gasteiger partial charge in [0.1, 0.15) is 0 Å². The van der Waals surface area contributed by atoms with Crippen molar-refractivity contribution in [3.05, 3.63) is 5.89 Å².